The molecule has 0 aromatic carbocycles. The largest absolute Gasteiger partial charge is 0.347 e. The van der Waals surface area contributed by atoms with Crippen molar-refractivity contribution in [2.45, 2.75) is 97.8 Å². The summed E-state index contributed by atoms with van der Waals surface area (Å²) in [6.45, 7) is 18.2. The SMILES string of the molecule is CCC1([C@H](C)C(=O)[C@@H](C)[C@H]2OC(C)(C)O[C@@H]([C@H](C)C3(CC)OCCO3)[C@H]2C)OCCO1. The zero-order valence-corrected chi connectivity index (χ0v) is 20.6. The van der Waals surface area contributed by atoms with E-state index in [-0.39, 0.29) is 41.7 Å². The number of rotatable bonds is 8. The second-order valence-electron chi connectivity index (χ2n) is 9.85. The van der Waals surface area contributed by atoms with Gasteiger partial charge in [0.25, 0.3) is 0 Å². The van der Waals surface area contributed by atoms with Crippen molar-refractivity contribution in [3.05, 3.63) is 0 Å². The first-order valence-electron chi connectivity index (χ1n) is 12.0. The molecule has 7 nitrogen and oxygen atoms in total. The van der Waals surface area contributed by atoms with Gasteiger partial charge < -0.3 is 28.4 Å². The standard InChI is InChI=1S/C24H42O7/c1-9-23(26-11-12-27-23)17(5)19(25)15(3)20-16(4)21(31-22(7,8)30-20)18(6)24(10-2)28-13-14-29-24/h15-18,20-21H,9-14H2,1-8H3/t15-,16+,17-,18+,20-,21-/m1/s1. The van der Waals surface area contributed by atoms with E-state index in [1.54, 1.807) is 0 Å². The first-order valence-corrected chi connectivity index (χ1v) is 12.0. The fourth-order valence-electron chi connectivity index (χ4n) is 5.71. The molecule has 0 unspecified atom stereocenters. The molecule has 3 heterocycles. The lowest BCUT2D eigenvalue weighted by molar-refractivity contribution is -0.350. The van der Waals surface area contributed by atoms with Crippen LogP contribution in [-0.4, -0.2) is 61.8 Å². The molecular weight excluding hydrogens is 400 g/mol. The minimum absolute atomic E-state index is 0.0103. The van der Waals surface area contributed by atoms with Crippen LogP contribution >= 0.6 is 0 Å². The van der Waals surface area contributed by atoms with E-state index in [1.165, 1.54) is 0 Å². The van der Waals surface area contributed by atoms with E-state index >= 15 is 0 Å². The molecule has 3 aliphatic rings. The first-order chi connectivity index (χ1) is 14.5. The van der Waals surface area contributed by atoms with Crippen LogP contribution in [0.4, 0.5) is 0 Å². The molecule has 0 spiro atoms. The molecule has 0 aromatic rings. The van der Waals surface area contributed by atoms with Crippen molar-refractivity contribution in [3.63, 3.8) is 0 Å². The Morgan fingerprint density at radius 1 is 0.839 bits per heavy atom. The summed E-state index contributed by atoms with van der Waals surface area (Å²) in [7, 11) is 0. The van der Waals surface area contributed by atoms with Gasteiger partial charge in [0.15, 0.2) is 17.4 Å². The predicted octanol–water partition coefficient (Wildman–Crippen LogP) is 3.93. The molecule has 31 heavy (non-hydrogen) atoms. The summed E-state index contributed by atoms with van der Waals surface area (Å²) < 4.78 is 36.6. The molecule has 7 heteroatoms. The van der Waals surface area contributed by atoms with Crippen molar-refractivity contribution < 1.29 is 33.2 Å². The van der Waals surface area contributed by atoms with Crippen LogP contribution in [0.15, 0.2) is 0 Å². The van der Waals surface area contributed by atoms with Crippen LogP contribution in [0.1, 0.15) is 68.2 Å². The van der Waals surface area contributed by atoms with Gasteiger partial charge in [-0.25, -0.2) is 0 Å². The second kappa shape index (κ2) is 9.35. The topological polar surface area (TPSA) is 72.5 Å². The van der Waals surface area contributed by atoms with Crippen LogP contribution in [-0.2, 0) is 33.2 Å². The third kappa shape index (κ3) is 4.59. The molecule has 0 N–H and O–H groups in total. The number of ketones is 1. The van der Waals surface area contributed by atoms with Crippen molar-refractivity contribution >= 4 is 5.78 Å². The summed E-state index contributed by atoms with van der Waals surface area (Å²) in [6, 6.07) is 0. The molecule has 0 bridgehead atoms. The molecule has 0 aromatic heterocycles. The van der Waals surface area contributed by atoms with Crippen molar-refractivity contribution in [2.24, 2.45) is 23.7 Å². The van der Waals surface area contributed by atoms with Gasteiger partial charge in [-0.1, -0.05) is 41.5 Å². The van der Waals surface area contributed by atoms with Crippen LogP contribution in [0.25, 0.3) is 0 Å². The van der Waals surface area contributed by atoms with E-state index in [0.29, 0.717) is 32.8 Å². The fourth-order valence-corrected chi connectivity index (χ4v) is 5.71. The first kappa shape index (κ1) is 25.1. The Balaban J connectivity index is 1.81. The maximum absolute atomic E-state index is 13.6. The number of ether oxygens (including phenoxy) is 6. The average molecular weight is 443 g/mol. The van der Waals surface area contributed by atoms with Gasteiger partial charge in [0.1, 0.15) is 5.78 Å². The molecule has 6 atom stereocenters. The number of hydrogen-bond donors (Lipinski definition) is 0. The van der Waals surface area contributed by atoms with Crippen LogP contribution in [0.3, 0.4) is 0 Å². The minimum Gasteiger partial charge on any atom is -0.347 e. The van der Waals surface area contributed by atoms with E-state index in [0.717, 1.165) is 6.42 Å². The summed E-state index contributed by atoms with van der Waals surface area (Å²) in [5.41, 5.74) is 0. The number of hydrogen-bond acceptors (Lipinski definition) is 7. The molecule has 0 saturated carbocycles. The van der Waals surface area contributed by atoms with Crippen molar-refractivity contribution in [1.82, 2.24) is 0 Å². The van der Waals surface area contributed by atoms with E-state index in [4.69, 9.17) is 28.4 Å². The summed E-state index contributed by atoms with van der Waals surface area (Å²) in [6.07, 6.45) is 0.912. The smallest absolute Gasteiger partial charge is 0.177 e. The maximum Gasteiger partial charge on any atom is 0.177 e. The van der Waals surface area contributed by atoms with Crippen LogP contribution in [0.2, 0.25) is 0 Å². The van der Waals surface area contributed by atoms with Crippen molar-refractivity contribution in [2.75, 3.05) is 26.4 Å². The molecule has 3 saturated heterocycles. The average Bonchev–Trinajstić information content (AvgIpc) is 3.43. The highest BCUT2D eigenvalue weighted by atomic mass is 16.8. The summed E-state index contributed by atoms with van der Waals surface area (Å²) in [5, 5.41) is 0. The highest BCUT2D eigenvalue weighted by molar-refractivity contribution is 5.84. The molecular formula is C24H42O7. The summed E-state index contributed by atoms with van der Waals surface area (Å²) >= 11 is 0. The predicted molar refractivity (Wildman–Crippen MR) is 115 cm³/mol. The lowest BCUT2D eigenvalue weighted by Crippen LogP contribution is -2.59. The molecule has 3 fully saturated rings. The van der Waals surface area contributed by atoms with Gasteiger partial charge in [0.2, 0.25) is 0 Å². The Morgan fingerprint density at radius 2 is 1.29 bits per heavy atom. The van der Waals surface area contributed by atoms with Gasteiger partial charge >= 0.3 is 0 Å². The third-order valence-electron chi connectivity index (χ3n) is 7.63. The second-order valence-corrected chi connectivity index (χ2v) is 9.85. The van der Waals surface area contributed by atoms with Crippen molar-refractivity contribution in [1.29, 1.82) is 0 Å². The van der Waals surface area contributed by atoms with Gasteiger partial charge in [0, 0.05) is 17.8 Å². The van der Waals surface area contributed by atoms with E-state index in [9.17, 15) is 4.79 Å². The van der Waals surface area contributed by atoms with Crippen LogP contribution < -0.4 is 0 Å². The molecule has 3 aliphatic heterocycles. The van der Waals surface area contributed by atoms with Gasteiger partial charge in [-0.05, 0) is 26.7 Å². The number of carbonyl (C=O) groups excluding carboxylic acids is 1. The number of Topliss-reactive ketones (excluding diaryl/α,β-unsaturated/α-hetero) is 1. The zero-order chi connectivity index (χ0) is 23.0. The van der Waals surface area contributed by atoms with Gasteiger partial charge in [-0.15, -0.1) is 0 Å². The Morgan fingerprint density at radius 3 is 1.77 bits per heavy atom. The molecule has 0 aliphatic carbocycles. The van der Waals surface area contributed by atoms with Crippen molar-refractivity contribution in [3.8, 4) is 0 Å². The van der Waals surface area contributed by atoms with E-state index < -0.39 is 17.4 Å². The van der Waals surface area contributed by atoms with E-state index in [2.05, 4.69) is 20.8 Å². The summed E-state index contributed by atoms with van der Waals surface area (Å²) in [4.78, 5) is 13.6. The third-order valence-corrected chi connectivity index (χ3v) is 7.63. The lowest BCUT2D eigenvalue weighted by atomic mass is 9.75. The van der Waals surface area contributed by atoms with Crippen LogP contribution in [0, 0.1) is 23.7 Å². The van der Waals surface area contributed by atoms with Gasteiger partial charge in [-0.2, -0.15) is 0 Å². The quantitative estimate of drug-likeness (QED) is 0.564. The Hall–Kier alpha value is -0.570. The Kier molecular flexibility index (Phi) is 7.56. The minimum atomic E-state index is -0.834. The molecule has 0 amide bonds. The maximum atomic E-state index is 13.6. The molecule has 3 rings (SSSR count). The Bertz CT molecular complexity index is 621. The zero-order valence-electron chi connectivity index (χ0n) is 20.6. The molecule has 180 valence electrons. The van der Waals surface area contributed by atoms with Crippen LogP contribution in [0.5, 0.6) is 0 Å². The number of carbonyl (C=O) groups is 1. The highest BCUT2D eigenvalue weighted by Gasteiger charge is 2.54. The molecule has 0 radical (unpaired) electrons. The monoisotopic (exact) mass is 442 g/mol. The summed E-state index contributed by atoms with van der Waals surface area (Å²) in [5.74, 6) is -2.95. The van der Waals surface area contributed by atoms with Gasteiger partial charge in [-0.3, -0.25) is 4.79 Å². The normalized spacial score (nSPS) is 34.9. The van der Waals surface area contributed by atoms with Gasteiger partial charge in [0.05, 0.1) is 44.6 Å². The van der Waals surface area contributed by atoms with E-state index in [1.807, 2.05) is 34.6 Å². The fraction of sp³-hybridized carbons (Fsp3) is 0.958. The highest BCUT2D eigenvalue weighted by Crippen LogP contribution is 2.44. The lowest BCUT2D eigenvalue weighted by Gasteiger charge is -2.51. The Labute approximate surface area is 187 Å².